The highest BCUT2D eigenvalue weighted by molar-refractivity contribution is 5.89. The Morgan fingerprint density at radius 2 is 1.72 bits per heavy atom. The van der Waals surface area contributed by atoms with Gasteiger partial charge in [-0.15, -0.1) is 0 Å². The first-order valence-electron chi connectivity index (χ1n) is 9.65. The zero-order chi connectivity index (χ0) is 20.1. The van der Waals surface area contributed by atoms with Gasteiger partial charge in [-0.25, -0.2) is 4.98 Å². The van der Waals surface area contributed by atoms with Gasteiger partial charge in [0, 0.05) is 24.4 Å². The van der Waals surface area contributed by atoms with Crippen molar-refractivity contribution >= 4 is 11.7 Å². The molecule has 1 amide bonds. The van der Waals surface area contributed by atoms with Gasteiger partial charge in [-0.3, -0.25) is 9.48 Å². The SMILES string of the molecule is CCC(=O)Nc1ccc(Cn2ccc(-c3cccc(-c4ccccc4)c3)n2)cn1. The molecule has 0 saturated carbocycles. The number of nitrogens with zero attached hydrogens (tertiary/aromatic N) is 3. The Morgan fingerprint density at radius 1 is 0.931 bits per heavy atom. The number of benzene rings is 2. The van der Waals surface area contributed by atoms with Crippen LogP contribution in [0.1, 0.15) is 18.9 Å². The highest BCUT2D eigenvalue weighted by Crippen LogP contribution is 2.25. The zero-order valence-corrected chi connectivity index (χ0v) is 16.2. The second-order valence-electron chi connectivity index (χ2n) is 6.80. The van der Waals surface area contributed by atoms with Crippen LogP contribution in [0.25, 0.3) is 22.4 Å². The van der Waals surface area contributed by atoms with Crippen molar-refractivity contribution in [2.24, 2.45) is 0 Å². The van der Waals surface area contributed by atoms with Gasteiger partial charge in [0.15, 0.2) is 0 Å². The Labute approximate surface area is 170 Å². The van der Waals surface area contributed by atoms with E-state index in [0.717, 1.165) is 16.8 Å². The first-order chi connectivity index (χ1) is 14.2. The Hall–Kier alpha value is -3.73. The third kappa shape index (κ3) is 4.58. The summed E-state index contributed by atoms with van der Waals surface area (Å²) in [6, 6.07) is 24.5. The molecule has 5 nitrogen and oxygen atoms in total. The standard InChI is InChI=1S/C24H22N4O/c1-2-24(29)26-23-12-11-18(16-25-23)17-28-14-13-22(27-28)21-10-6-9-20(15-21)19-7-4-3-5-8-19/h3-16H,2,17H2,1H3,(H,25,26,29). The van der Waals surface area contributed by atoms with Crippen molar-refractivity contribution in [3.05, 3.63) is 90.8 Å². The molecular weight excluding hydrogens is 360 g/mol. The molecule has 0 radical (unpaired) electrons. The van der Waals surface area contributed by atoms with Gasteiger partial charge >= 0.3 is 0 Å². The van der Waals surface area contributed by atoms with E-state index in [9.17, 15) is 4.79 Å². The maximum Gasteiger partial charge on any atom is 0.225 e. The lowest BCUT2D eigenvalue weighted by molar-refractivity contribution is -0.115. The van der Waals surface area contributed by atoms with E-state index in [1.54, 1.807) is 6.20 Å². The lowest BCUT2D eigenvalue weighted by Crippen LogP contribution is -2.11. The minimum atomic E-state index is -0.0419. The molecular formula is C24H22N4O. The molecule has 4 rings (SSSR count). The minimum absolute atomic E-state index is 0.0419. The maximum atomic E-state index is 11.4. The number of rotatable bonds is 6. The third-order valence-electron chi connectivity index (χ3n) is 4.66. The molecule has 4 aromatic rings. The lowest BCUT2D eigenvalue weighted by Gasteiger charge is -2.06. The molecule has 0 aliphatic heterocycles. The molecule has 1 N–H and O–H groups in total. The summed E-state index contributed by atoms with van der Waals surface area (Å²) in [4.78, 5) is 15.7. The largest absolute Gasteiger partial charge is 0.311 e. The fourth-order valence-electron chi connectivity index (χ4n) is 3.10. The monoisotopic (exact) mass is 382 g/mol. The van der Waals surface area contributed by atoms with Gasteiger partial charge in [0.25, 0.3) is 0 Å². The lowest BCUT2D eigenvalue weighted by atomic mass is 10.0. The minimum Gasteiger partial charge on any atom is -0.311 e. The summed E-state index contributed by atoms with van der Waals surface area (Å²) in [6.45, 7) is 2.43. The Kier molecular flexibility index (Phi) is 5.47. The first kappa shape index (κ1) is 18.6. The number of anilines is 1. The first-order valence-corrected chi connectivity index (χ1v) is 9.65. The van der Waals surface area contributed by atoms with Crippen molar-refractivity contribution in [2.75, 3.05) is 5.32 Å². The van der Waals surface area contributed by atoms with Crippen LogP contribution >= 0.6 is 0 Å². The topological polar surface area (TPSA) is 59.8 Å². The fourth-order valence-corrected chi connectivity index (χ4v) is 3.10. The summed E-state index contributed by atoms with van der Waals surface area (Å²) in [5.41, 5.74) is 5.40. The van der Waals surface area contributed by atoms with Crippen molar-refractivity contribution in [3.63, 3.8) is 0 Å². The van der Waals surface area contributed by atoms with E-state index in [-0.39, 0.29) is 5.91 Å². The molecule has 2 aromatic carbocycles. The van der Waals surface area contributed by atoms with Crippen LogP contribution in [-0.2, 0) is 11.3 Å². The molecule has 2 aromatic heterocycles. The van der Waals surface area contributed by atoms with Gasteiger partial charge in [-0.1, -0.05) is 61.5 Å². The molecule has 2 heterocycles. The predicted octanol–water partition coefficient (Wildman–Crippen LogP) is 5.01. The maximum absolute atomic E-state index is 11.4. The third-order valence-corrected chi connectivity index (χ3v) is 4.66. The van der Waals surface area contributed by atoms with E-state index in [2.05, 4.69) is 46.7 Å². The quantitative estimate of drug-likeness (QED) is 0.510. The Balaban J connectivity index is 1.48. The smallest absolute Gasteiger partial charge is 0.225 e. The summed E-state index contributed by atoms with van der Waals surface area (Å²) in [5, 5.41) is 7.47. The van der Waals surface area contributed by atoms with Crippen LogP contribution < -0.4 is 5.32 Å². The molecule has 0 unspecified atom stereocenters. The Morgan fingerprint density at radius 3 is 2.48 bits per heavy atom. The number of nitrogens with one attached hydrogen (secondary N) is 1. The van der Waals surface area contributed by atoms with Crippen molar-refractivity contribution in [2.45, 2.75) is 19.9 Å². The summed E-state index contributed by atoms with van der Waals surface area (Å²) >= 11 is 0. The summed E-state index contributed by atoms with van der Waals surface area (Å²) in [7, 11) is 0. The molecule has 0 bridgehead atoms. The number of hydrogen-bond acceptors (Lipinski definition) is 3. The number of aromatic nitrogens is 3. The van der Waals surface area contributed by atoms with Crippen LogP contribution in [0.2, 0.25) is 0 Å². The van der Waals surface area contributed by atoms with Gasteiger partial charge in [0.05, 0.1) is 12.2 Å². The summed E-state index contributed by atoms with van der Waals surface area (Å²) < 4.78 is 1.89. The van der Waals surface area contributed by atoms with Crippen LogP contribution in [0, 0.1) is 0 Å². The van der Waals surface area contributed by atoms with Crippen LogP contribution in [0.5, 0.6) is 0 Å². The van der Waals surface area contributed by atoms with Crippen molar-refractivity contribution < 1.29 is 4.79 Å². The van der Waals surface area contributed by atoms with Gasteiger partial charge in [0.2, 0.25) is 5.91 Å². The van der Waals surface area contributed by atoms with Gasteiger partial charge in [-0.2, -0.15) is 5.10 Å². The van der Waals surface area contributed by atoms with E-state index in [1.165, 1.54) is 11.1 Å². The number of amides is 1. The van der Waals surface area contributed by atoms with E-state index in [1.807, 2.05) is 54.2 Å². The predicted molar refractivity (Wildman–Crippen MR) is 115 cm³/mol. The van der Waals surface area contributed by atoms with Gasteiger partial charge in [-0.05, 0) is 34.9 Å². The van der Waals surface area contributed by atoms with Crippen LogP contribution in [0.4, 0.5) is 5.82 Å². The number of carbonyl (C=O) groups is 1. The molecule has 0 spiro atoms. The van der Waals surface area contributed by atoms with Crippen molar-refractivity contribution in [1.29, 1.82) is 0 Å². The van der Waals surface area contributed by atoms with Crippen molar-refractivity contribution in [1.82, 2.24) is 14.8 Å². The second-order valence-corrected chi connectivity index (χ2v) is 6.80. The molecule has 0 aliphatic carbocycles. The number of hydrogen-bond donors (Lipinski definition) is 1. The highest BCUT2D eigenvalue weighted by Gasteiger charge is 2.06. The summed E-state index contributed by atoms with van der Waals surface area (Å²) in [5.74, 6) is 0.527. The highest BCUT2D eigenvalue weighted by atomic mass is 16.1. The zero-order valence-electron chi connectivity index (χ0n) is 16.2. The van der Waals surface area contributed by atoms with Crippen LogP contribution in [0.15, 0.2) is 85.2 Å². The van der Waals surface area contributed by atoms with Gasteiger partial charge < -0.3 is 5.32 Å². The van der Waals surface area contributed by atoms with Crippen molar-refractivity contribution in [3.8, 4) is 22.4 Å². The average Bonchev–Trinajstić information content (AvgIpc) is 3.24. The average molecular weight is 382 g/mol. The summed E-state index contributed by atoms with van der Waals surface area (Å²) in [6.07, 6.45) is 4.17. The van der Waals surface area contributed by atoms with Crippen LogP contribution in [0.3, 0.4) is 0 Å². The second kappa shape index (κ2) is 8.52. The molecule has 0 aliphatic rings. The molecule has 0 saturated heterocycles. The number of pyridine rings is 1. The molecule has 144 valence electrons. The van der Waals surface area contributed by atoms with E-state index >= 15 is 0 Å². The van der Waals surface area contributed by atoms with Crippen LogP contribution in [-0.4, -0.2) is 20.7 Å². The van der Waals surface area contributed by atoms with Gasteiger partial charge in [0.1, 0.15) is 5.82 Å². The molecule has 29 heavy (non-hydrogen) atoms. The molecule has 5 heteroatoms. The molecule has 0 fully saturated rings. The molecule has 0 atom stereocenters. The van der Waals surface area contributed by atoms with E-state index < -0.39 is 0 Å². The van der Waals surface area contributed by atoms with E-state index in [4.69, 9.17) is 5.10 Å². The Bertz CT molecular complexity index is 1100. The van der Waals surface area contributed by atoms with E-state index in [0.29, 0.717) is 18.8 Å². The number of carbonyl (C=O) groups excluding carboxylic acids is 1. The fraction of sp³-hybridized carbons (Fsp3) is 0.125. The normalized spacial score (nSPS) is 10.7.